The Labute approximate surface area is 180 Å². The molecule has 0 aromatic carbocycles. The molecule has 0 radical (unpaired) electrons. The van der Waals surface area contributed by atoms with Gasteiger partial charge >= 0.3 is 0 Å². The smallest absolute Gasteiger partial charge is 0.0577 e. The molecule has 1 heteroatoms. The number of aliphatic hydroxyl groups is 1. The van der Waals surface area contributed by atoms with Crippen LogP contribution in [0.4, 0.5) is 0 Å². The van der Waals surface area contributed by atoms with Crippen LogP contribution in [0.2, 0.25) is 0 Å². The summed E-state index contributed by atoms with van der Waals surface area (Å²) in [7, 11) is 0. The molecule has 4 aliphatic carbocycles. The predicted octanol–water partition coefficient (Wildman–Crippen LogP) is 7.27. The average Bonchev–Trinajstić information content (AvgIpc) is 3.14. The Kier molecular flexibility index (Phi) is 6.11. The van der Waals surface area contributed by atoms with Gasteiger partial charge < -0.3 is 5.11 Å². The van der Waals surface area contributed by atoms with Gasteiger partial charge in [-0.1, -0.05) is 52.3 Å². The summed E-state index contributed by atoms with van der Waals surface area (Å²) in [5.41, 5.74) is 1.98. The van der Waals surface area contributed by atoms with Crippen LogP contribution < -0.4 is 0 Å². The van der Waals surface area contributed by atoms with Crippen molar-refractivity contribution in [2.75, 3.05) is 0 Å². The minimum absolute atomic E-state index is 0.0868. The molecular weight excluding hydrogens is 352 g/mol. The van der Waals surface area contributed by atoms with Gasteiger partial charge in [0.15, 0.2) is 0 Å². The van der Waals surface area contributed by atoms with Gasteiger partial charge in [-0.05, 0) is 110 Å². The van der Waals surface area contributed by atoms with E-state index in [2.05, 4.69) is 53.3 Å². The van der Waals surface area contributed by atoms with Gasteiger partial charge in [0.25, 0.3) is 0 Å². The quantitative estimate of drug-likeness (QED) is 0.483. The van der Waals surface area contributed by atoms with Crippen LogP contribution in [-0.2, 0) is 0 Å². The molecule has 29 heavy (non-hydrogen) atoms. The van der Waals surface area contributed by atoms with Gasteiger partial charge in [0.05, 0.1) is 6.10 Å². The van der Waals surface area contributed by atoms with Crippen LogP contribution in [0.5, 0.6) is 0 Å². The lowest BCUT2D eigenvalue weighted by atomic mass is 9.48. The van der Waals surface area contributed by atoms with E-state index in [4.69, 9.17) is 0 Å². The van der Waals surface area contributed by atoms with Crippen LogP contribution >= 0.6 is 0 Å². The summed E-state index contributed by atoms with van der Waals surface area (Å²) in [5.74, 6) is 7.69. The monoisotopic (exact) mass is 398 g/mol. The van der Waals surface area contributed by atoms with E-state index in [1.54, 1.807) is 5.57 Å². The van der Waals surface area contributed by atoms with E-state index in [0.717, 1.165) is 60.2 Å². The second kappa shape index (κ2) is 8.18. The maximum Gasteiger partial charge on any atom is 0.0577 e. The first-order valence-corrected chi connectivity index (χ1v) is 12.8. The molecule has 0 amide bonds. The Morgan fingerprint density at radius 1 is 1.21 bits per heavy atom. The molecule has 4 aliphatic rings. The Bertz CT molecular complexity index is 634. The third-order valence-corrected chi connectivity index (χ3v) is 10.6. The zero-order chi connectivity index (χ0) is 20.9. The van der Waals surface area contributed by atoms with Crippen LogP contribution in [0.3, 0.4) is 0 Å². The van der Waals surface area contributed by atoms with Crippen LogP contribution in [0.1, 0.15) is 86.0 Å². The molecule has 164 valence electrons. The highest BCUT2D eigenvalue weighted by Crippen LogP contribution is 2.64. The van der Waals surface area contributed by atoms with Crippen molar-refractivity contribution in [1.82, 2.24) is 0 Å². The van der Waals surface area contributed by atoms with Crippen LogP contribution in [0, 0.1) is 58.7 Å². The van der Waals surface area contributed by atoms with Crippen molar-refractivity contribution in [1.29, 1.82) is 0 Å². The molecule has 0 heterocycles. The molecule has 1 N–H and O–H groups in total. The molecule has 4 rings (SSSR count). The van der Waals surface area contributed by atoms with Crippen molar-refractivity contribution < 1.29 is 5.11 Å². The first-order valence-electron chi connectivity index (χ1n) is 12.8. The van der Waals surface area contributed by atoms with Crippen LogP contribution in [-0.4, -0.2) is 11.2 Å². The van der Waals surface area contributed by atoms with E-state index in [1.165, 1.54) is 38.5 Å². The lowest BCUT2D eigenvalue weighted by Gasteiger charge is -2.57. The number of allylic oxidation sites excluding steroid dienone is 2. The summed E-state index contributed by atoms with van der Waals surface area (Å²) in [5, 5.41) is 10.2. The highest BCUT2D eigenvalue weighted by atomic mass is 16.3. The van der Waals surface area contributed by atoms with Gasteiger partial charge in [-0.2, -0.15) is 0 Å². The van der Waals surface area contributed by atoms with E-state index in [1.807, 2.05) is 0 Å². The number of aliphatic hydroxyl groups excluding tert-OH is 1. The largest absolute Gasteiger partial charge is 0.393 e. The lowest BCUT2D eigenvalue weighted by molar-refractivity contribution is -0.0413. The molecule has 0 aromatic heterocycles. The topological polar surface area (TPSA) is 20.2 Å². The second-order valence-electron chi connectivity index (χ2n) is 12.0. The van der Waals surface area contributed by atoms with Crippen LogP contribution in [0.25, 0.3) is 0 Å². The molecule has 3 saturated carbocycles. The van der Waals surface area contributed by atoms with Gasteiger partial charge in [-0.25, -0.2) is 0 Å². The van der Waals surface area contributed by atoms with Crippen molar-refractivity contribution in [2.45, 2.75) is 92.1 Å². The first-order chi connectivity index (χ1) is 13.8. The third kappa shape index (κ3) is 3.68. The van der Waals surface area contributed by atoms with E-state index in [9.17, 15) is 5.11 Å². The molecule has 0 saturated heterocycles. The molecule has 0 bridgehead atoms. The molecule has 0 unspecified atom stereocenters. The summed E-state index contributed by atoms with van der Waals surface area (Å²) >= 11 is 0. The Morgan fingerprint density at radius 3 is 2.69 bits per heavy atom. The second-order valence-corrected chi connectivity index (χ2v) is 12.0. The SMILES string of the molecule is C=C[C@@H](C)[C@@H](C)C[C@@H](C)[C@H]1CC[C@H]2[C@@H]3CC=C4C[C@@H](O)CC[C@]4(C)[C@H]3C[C@@H](C)[C@H]21. The van der Waals surface area contributed by atoms with Crippen molar-refractivity contribution >= 4 is 0 Å². The van der Waals surface area contributed by atoms with E-state index >= 15 is 0 Å². The maximum atomic E-state index is 10.2. The Morgan fingerprint density at radius 2 is 1.97 bits per heavy atom. The molecule has 3 fully saturated rings. The summed E-state index contributed by atoms with van der Waals surface area (Å²) in [6.07, 6.45) is 14.8. The number of hydrogen-bond donors (Lipinski definition) is 1. The third-order valence-electron chi connectivity index (χ3n) is 10.6. The summed E-state index contributed by atoms with van der Waals surface area (Å²) in [6.45, 7) is 16.5. The molecule has 0 spiro atoms. The first kappa shape index (κ1) is 21.7. The highest BCUT2D eigenvalue weighted by Gasteiger charge is 2.56. The minimum atomic E-state index is -0.0868. The zero-order valence-corrected chi connectivity index (χ0v) is 19.7. The highest BCUT2D eigenvalue weighted by molar-refractivity contribution is 5.25. The molecule has 0 aliphatic heterocycles. The lowest BCUT2D eigenvalue weighted by Crippen LogP contribution is -2.50. The van der Waals surface area contributed by atoms with E-state index in [-0.39, 0.29) is 6.10 Å². The van der Waals surface area contributed by atoms with Gasteiger partial charge in [0.1, 0.15) is 0 Å². The van der Waals surface area contributed by atoms with E-state index < -0.39 is 0 Å². The molecule has 0 aromatic rings. The van der Waals surface area contributed by atoms with Gasteiger partial charge in [0.2, 0.25) is 0 Å². The fourth-order valence-corrected chi connectivity index (χ4v) is 8.64. The summed E-state index contributed by atoms with van der Waals surface area (Å²) in [4.78, 5) is 0. The summed E-state index contributed by atoms with van der Waals surface area (Å²) < 4.78 is 0. The van der Waals surface area contributed by atoms with Crippen molar-refractivity contribution in [2.24, 2.45) is 58.7 Å². The van der Waals surface area contributed by atoms with Gasteiger partial charge in [-0.15, -0.1) is 6.58 Å². The van der Waals surface area contributed by atoms with Crippen molar-refractivity contribution in [3.05, 3.63) is 24.3 Å². The molecule has 1 nitrogen and oxygen atoms in total. The zero-order valence-electron chi connectivity index (χ0n) is 19.7. The Balaban J connectivity index is 1.51. The fourth-order valence-electron chi connectivity index (χ4n) is 8.64. The predicted molar refractivity (Wildman–Crippen MR) is 123 cm³/mol. The average molecular weight is 399 g/mol. The fraction of sp³-hybridized carbons (Fsp3) is 0.857. The summed E-state index contributed by atoms with van der Waals surface area (Å²) in [6, 6.07) is 0. The van der Waals surface area contributed by atoms with Crippen molar-refractivity contribution in [3.63, 3.8) is 0 Å². The number of hydrogen-bond acceptors (Lipinski definition) is 1. The number of rotatable bonds is 5. The minimum Gasteiger partial charge on any atom is -0.393 e. The van der Waals surface area contributed by atoms with Crippen molar-refractivity contribution in [3.8, 4) is 0 Å². The molecule has 11 atom stereocenters. The normalized spacial score (nSPS) is 47.2. The molecular formula is C28H46O. The number of fused-ring (bicyclic) bond motifs is 5. The van der Waals surface area contributed by atoms with Crippen LogP contribution in [0.15, 0.2) is 24.3 Å². The van der Waals surface area contributed by atoms with Gasteiger partial charge in [0, 0.05) is 0 Å². The van der Waals surface area contributed by atoms with E-state index in [0.29, 0.717) is 11.3 Å². The standard InChI is InChI=1S/C28H46O/c1-7-17(2)18(3)14-19(4)23-10-11-25-24-9-8-21-16-22(29)12-13-28(21,6)26(24)15-20(5)27(23)25/h7-8,17-20,22-27,29H,1,9-16H2,2-6H3/t17-,18+,19-,20-,22+,23-,24+,25+,26+,27+,28+/m1/s1. The Hall–Kier alpha value is -0.560. The van der Waals surface area contributed by atoms with Gasteiger partial charge in [-0.3, -0.25) is 0 Å². The maximum absolute atomic E-state index is 10.2.